The van der Waals surface area contributed by atoms with Crippen molar-refractivity contribution in [2.24, 2.45) is 0 Å². The summed E-state index contributed by atoms with van der Waals surface area (Å²) < 4.78 is 0.935. The van der Waals surface area contributed by atoms with Crippen molar-refractivity contribution in [2.45, 2.75) is 26.3 Å². The molecule has 0 bridgehead atoms. The first kappa shape index (κ1) is 14.4. The molecule has 100 valence electrons. The Labute approximate surface area is 128 Å². The molecule has 0 aromatic heterocycles. The number of anilines is 1. The minimum Gasteiger partial charge on any atom is -0.381 e. The van der Waals surface area contributed by atoms with E-state index in [-0.39, 0.29) is 0 Å². The van der Waals surface area contributed by atoms with Crippen LogP contribution in [0.2, 0.25) is 5.02 Å². The van der Waals surface area contributed by atoms with E-state index in [9.17, 15) is 0 Å². The number of hydrogen-bond acceptors (Lipinski definition) is 1. The molecule has 0 heterocycles. The highest BCUT2D eigenvalue weighted by Crippen LogP contribution is 2.24. The van der Waals surface area contributed by atoms with Crippen molar-refractivity contribution in [3.05, 3.63) is 63.1 Å². The average molecular weight is 339 g/mol. The SMILES string of the molecule is CCCc1ccccc1NCc1ccc(Br)c(Cl)c1. The molecular formula is C16H17BrClN. The molecule has 3 heteroatoms. The van der Waals surface area contributed by atoms with Crippen molar-refractivity contribution in [1.29, 1.82) is 0 Å². The molecule has 2 rings (SSSR count). The number of hydrogen-bond donors (Lipinski definition) is 1. The molecule has 0 spiro atoms. The third kappa shape index (κ3) is 3.99. The quantitative estimate of drug-likeness (QED) is 0.741. The molecule has 0 aliphatic carbocycles. The standard InChI is InChI=1S/C16H17BrClN/c1-2-5-13-6-3-4-7-16(13)19-11-12-8-9-14(17)15(18)10-12/h3-4,6-10,19H,2,5,11H2,1H3. The van der Waals surface area contributed by atoms with Crippen LogP contribution in [-0.2, 0) is 13.0 Å². The summed E-state index contributed by atoms with van der Waals surface area (Å²) in [5.41, 5.74) is 3.76. The summed E-state index contributed by atoms with van der Waals surface area (Å²) in [7, 11) is 0. The van der Waals surface area contributed by atoms with Crippen LogP contribution in [0, 0.1) is 0 Å². The minimum atomic E-state index is 0.751. The Kier molecular flexibility index (Phi) is 5.29. The van der Waals surface area contributed by atoms with Crippen LogP contribution in [0.25, 0.3) is 0 Å². The predicted octanol–water partition coefficient (Wildman–Crippen LogP) is 5.67. The summed E-state index contributed by atoms with van der Waals surface area (Å²) in [4.78, 5) is 0. The Bertz CT molecular complexity index is 554. The van der Waals surface area contributed by atoms with Gasteiger partial charge >= 0.3 is 0 Å². The lowest BCUT2D eigenvalue weighted by Crippen LogP contribution is -2.02. The van der Waals surface area contributed by atoms with Gasteiger partial charge in [-0.15, -0.1) is 0 Å². The van der Waals surface area contributed by atoms with Gasteiger partial charge in [0, 0.05) is 16.7 Å². The molecule has 0 atom stereocenters. The van der Waals surface area contributed by atoms with Crippen LogP contribution in [0.3, 0.4) is 0 Å². The molecule has 1 N–H and O–H groups in total. The van der Waals surface area contributed by atoms with E-state index in [2.05, 4.69) is 58.5 Å². The van der Waals surface area contributed by atoms with E-state index < -0.39 is 0 Å². The Morgan fingerprint density at radius 1 is 1.16 bits per heavy atom. The van der Waals surface area contributed by atoms with Crippen molar-refractivity contribution in [1.82, 2.24) is 0 Å². The first-order chi connectivity index (χ1) is 9.20. The summed E-state index contributed by atoms with van der Waals surface area (Å²) >= 11 is 9.51. The second kappa shape index (κ2) is 6.97. The Hall–Kier alpha value is -0.990. The molecule has 2 aromatic carbocycles. The van der Waals surface area contributed by atoms with Crippen molar-refractivity contribution < 1.29 is 0 Å². The number of nitrogens with one attached hydrogen (secondary N) is 1. The average Bonchev–Trinajstić information content (AvgIpc) is 2.42. The molecular weight excluding hydrogens is 322 g/mol. The third-order valence-electron chi connectivity index (χ3n) is 3.00. The highest BCUT2D eigenvalue weighted by Gasteiger charge is 2.02. The number of para-hydroxylation sites is 1. The van der Waals surface area contributed by atoms with Crippen LogP contribution in [0.4, 0.5) is 5.69 Å². The zero-order valence-electron chi connectivity index (χ0n) is 10.9. The van der Waals surface area contributed by atoms with Crippen LogP contribution >= 0.6 is 27.5 Å². The summed E-state index contributed by atoms with van der Waals surface area (Å²) in [5.74, 6) is 0. The fraction of sp³-hybridized carbons (Fsp3) is 0.250. The fourth-order valence-corrected chi connectivity index (χ4v) is 2.48. The van der Waals surface area contributed by atoms with E-state index in [1.165, 1.54) is 16.8 Å². The molecule has 0 fully saturated rings. The van der Waals surface area contributed by atoms with Crippen molar-refractivity contribution >= 4 is 33.2 Å². The zero-order chi connectivity index (χ0) is 13.7. The Morgan fingerprint density at radius 2 is 1.95 bits per heavy atom. The zero-order valence-corrected chi connectivity index (χ0v) is 13.3. The van der Waals surface area contributed by atoms with Crippen molar-refractivity contribution in [3.8, 4) is 0 Å². The largest absolute Gasteiger partial charge is 0.381 e. The number of benzene rings is 2. The number of halogens is 2. The van der Waals surface area contributed by atoms with E-state index in [0.717, 1.165) is 28.9 Å². The van der Waals surface area contributed by atoms with E-state index in [4.69, 9.17) is 11.6 Å². The molecule has 1 nitrogen and oxygen atoms in total. The third-order valence-corrected chi connectivity index (χ3v) is 4.24. The van der Waals surface area contributed by atoms with Gasteiger partial charge in [-0.2, -0.15) is 0 Å². The highest BCUT2D eigenvalue weighted by molar-refractivity contribution is 9.10. The van der Waals surface area contributed by atoms with Gasteiger partial charge in [0.15, 0.2) is 0 Å². The Morgan fingerprint density at radius 3 is 2.68 bits per heavy atom. The maximum Gasteiger partial charge on any atom is 0.0551 e. The summed E-state index contributed by atoms with van der Waals surface area (Å²) in [6.07, 6.45) is 2.26. The number of rotatable bonds is 5. The van der Waals surface area contributed by atoms with Gasteiger partial charge in [-0.3, -0.25) is 0 Å². The molecule has 0 radical (unpaired) electrons. The van der Waals surface area contributed by atoms with Gasteiger partial charge in [-0.05, 0) is 51.7 Å². The molecule has 0 unspecified atom stereocenters. The molecule has 0 amide bonds. The molecule has 0 saturated heterocycles. The predicted molar refractivity (Wildman–Crippen MR) is 86.9 cm³/mol. The first-order valence-electron chi connectivity index (χ1n) is 6.46. The van der Waals surface area contributed by atoms with Crippen LogP contribution in [0.5, 0.6) is 0 Å². The normalized spacial score (nSPS) is 10.5. The lowest BCUT2D eigenvalue weighted by atomic mass is 10.1. The van der Waals surface area contributed by atoms with E-state index in [1.807, 2.05) is 12.1 Å². The van der Waals surface area contributed by atoms with Gasteiger partial charge < -0.3 is 5.32 Å². The van der Waals surface area contributed by atoms with Gasteiger partial charge in [-0.1, -0.05) is 49.2 Å². The minimum absolute atomic E-state index is 0.751. The smallest absolute Gasteiger partial charge is 0.0551 e. The number of aryl methyl sites for hydroxylation is 1. The second-order valence-corrected chi connectivity index (χ2v) is 5.77. The van der Waals surface area contributed by atoms with E-state index >= 15 is 0 Å². The lowest BCUT2D eigenvalue weighted by Gasteiger charge is -2.12. The van der Waals surface area contributed by atoms with Gasteiger partial charge in [0.05, 0.1) is 5.02 Å². The van der Waals surface area contributed by atoms with Crippen LogP contribution in [-0.4, -0.2) is 0 Å². The molecule has 19 heavy (non-hydrogen) atoms. The maximum atomic E-state index is 6.10. The summed E-state index contributed by atoms with van der Waals surface area (Å²) in [6, 6.07) is 14.5. The van der Waals surface area contributed by atoms with Crippen molar-refractivity contribution in [3.63, 3.8) is 0 Å². The fourth-order valence-electron chi connectivity index (χ4n) is 2.03. The van der Waals surface area contributed by atoms with Crippen LogP contribution in [0.15, 0.2) is 46.9 Å². The highest BCUT2D eigenvalue weighted by atomic mass is 79.9. The summed E-state index contributed by atoms with van der Waals surface area (Å²) in [5, 5.41) is 4.24. The first-order valence-corrected chi connectivity index (χ1v) is 7.63. The monoisotopic (exact) mass is 337 g/mol. The lowest BCUT2D eigenvalue weighted by molar-refractivity contribution is 0.919. The van der Waals surface area contributed by atoms with Crippen molar-refractivity contribution in [2.75, 3.05) is 5.32 Å². The second-order valence-electron chi connectivity index (χ2n) is 4.51. The van der Waals surface area contributed by atoms with E-state index in [0.29, 0.717) is 0 Å². The molecule has 0 aliphatic heterocycles. The van der Waals surface area contributed by atoms with Crippen LogP contribution < -0.4 is 5.32 Å². The summed E-state index contributed by atoms with van der Waals surface area (Å²) in [6.45, 7) is 2.99. The maximum absolute atomic E-state index is 6.10. The van der Waals surface area contributed by atoms with Gasteiger partial charge in [0.2, 0.25) is 0 Å². The van der Waals surface area contributed by atoms with Gasteiger partial charge in [0.1, 0.15) is 0 Å². The Balaban J connectivity index is 2.07. The molecule has 2 aromatic rings. The van der Waals surface area contributed by atoms with Gasteiger partial charge in [0.25, 0.3) is 0 Å². The van der Waals surface area contributed by atoms with E-state index in [1.54, 1.807) is 0 Å². The topological polar surface area (TPSA) is 12.0 Å². The molecule has 0 aliphatic rings. The van der Waals surface area contributed by atoms with Gasteiger partial charge in [-0.25, -0.2) is 0 Å². The molecule has 0 saturated carbocycles. The van der Waals surface area contributed by atoms with Crippen LogP contribution in [0.1, 0.15) is 24.5 Å².